The first-order valence-corrected chi connectivity index (χ1v) is 2.28. The second kappa shape index (κ2) is 7.58. The summed E-state index contributed by atoms with van der Waals surface area (Å²) in [5.74, 6) is 0. The van der Waals surface area contributed by atoms with Gasteiger partial charge in [-0.2, -0.15) is 0 Å². The molecule has 0 saturated heterocycles. The molecule has 0 atom stereocenters. The summed E-state index contributed by atoms with van der Waals surface area (Å²) < 4.78 is 0. The van der Waals surface area contributed by atoms with Gasteiger partial charge in [0.1, 0.15) is 0 Å². The molecular formula is C5H13NNa2O. The van der Waals surface area contributed by atoms with Gasteiger partial charge in [0, 0.05) is 5.41 Å². The molecule has 2 nitrogen and oxygen atoms in total. The molecule has 4 heteroatoms. The Hall–Kier alpha value is 1.47. The zero-order chi connectivity index (χ0) is 5.91. The number of hydrogen-bond donors (Lipinski definition) is 1. The summed E-state index contributed by atoms with van der Waals surface area (Å²) in [6.45, 7) is 5.87. The molecule has 46 valence electrons. The fraction of sp³-hybridized carbons (Fsp3) is 0.800. The van der Waals surface area contributed by atoms with Gasteiger partial charge in [0.15, 0.2) is 6.21 Å². The van der Waals surface area contributed by atoms with E-state index in [-0.39, 0.29) is 64.5 Å². The van der Waals surface area contributed by atoms with E-state index >= 15 is 0 Å². The van der Waals surface area contributed by atoms with Crippen LogP contribution in [0.2, 0.25) is 0 Å². The van der Waals surface area contributed by atoms with Gasteiger partial charge in [0.2, 0.25) is 0 Å². The van der Waals surface area contributed by atoms with E-state index in [0.29, 0.717) is 0 Å². The Morgan fingerprint density at radius 3 is 1.56 bits per heavy atom. The molecule has 0 aliphatic rings. The van der Waals surface area contributed by atoms with Crippen LogP contribution in [-0.2, 0) is 0 Å². The first kappa shape index (κ1) is 16.8. The van der Waals surface area contributed by atoms with E-state index in [9.17, 15) is 5.21 Å². The maximum atomic E-state index is 9.64. The molecule has 0 spiro atoms. The zero-order valence-electron chi connectivity index (χ0n) is 4.99. The molecular weight excluding hydrogens is 136 g/mol. The molecule has 0 aromatic rings. The molecule has 0 aromatic heterocycles. The maximum absolute atomic E-state index is 9.64. The SMILES string of the molecule is CC(C)(C)C=[NH+][O-].[NaH].[NaH]. The van der Waals surface area contributed by atoms with Gasteiger partial charge in [-0.05, 0) is 0 Å². The van der Waals surface area contributed by atoms with Crippen molar-refractivity contribution in [2.75, 3.05) is 0 Å². The molecule has 0 fully saturated rings. The molecule has 0 bridgehead atoms. The van der Waals surface area contributed by atoms with Crippen LogP contribution >= 0.6 is 0 Å². The Labute approximate surface area is 101 Å². The third kappa shape index (κ3) is 17.7. The monoisotopic (exact) mass is 149 g/mol. The minimum atomic E-state index is 0. The topological polar surface area (TPSA) is 37.0 Å². The predicted octanol–water partition coefficient (Wildman–Crippen LogP) is -1.62. The van der Waals surface area contributed by atoms with Gasteiger partial charge >= 0.3 is 59.1 Å². The normalized spacial score (nSPS) is 10.1. The average molecular weight is 149 g/mol. The zero-order valence-corrected chi connectivity index (χ0v) is 4.99. The second-order valence-electron chi connectivity index (χ2n) is 2.63. The molecule has 0 saturated carbocycles. The van der Waals surface area contributed by atoms with Crippen LogP contribution in [0.3, 0.4) is 0 Å². The summed E-state index contributed by atoms with van der Waals surface area (Å²) in [5.41, 5.74) is 0.00174. The van der Waals surface area contributed by atoms with Crippen molar-refractivity contribution in [1.29, 1.82) is 0 Å². The van der Waals surface area contributed by atoms with Gasteiger partial charge in [0.05, 0.1) is 0 Å². The summed E-state index contributed by atoms with van der Waals surface area (Å²) >= 11 is 0. The standard InChI is InChI=1S/C5H11NO.2Na.2H/c1-5(2,3)4-6-7;;;;/h4,6H,1-3H3;;;;. The van der Waals surface area contributed by atoms with Crippen LogP contribution in [0.25, 0.3) is 0 Å². The number of rotatable bonds is 0. The summed E-state index contributed by atoms with van der Waals surface area (Å²) in [6.07, 6.45) is 1.51. The molecule has 0 aliphatic carbocycles. The van der Waals surface area contributed by atoms with E-state index in [1.807, 2.05) is 20.8 Å². The van der Waals surface area contributed by atoms with Crippen molar-refractivity contribution in [3.8, 4) is 0 Å². The number of hydrogen-bond acceptors (Lipinski definition) is 1. The molecule has 0 aromatic carbocycles. The Kier molecular flexibility index (Phi) is 14.2. The molecule has 0 unspecified atom stereocenters. The summed E-state index contributed by atoms with van der Waals surface area (Å²) in [7, 11) is 0. The second-order valence-corrected chi connectivity index (χ2v) is 2.63. The Morgan fingerprint density at radius 2 is 1.56 bits per heavy atom. The van der Waals surface area contributed by atoms with Crippen LogP contribution in [0.15, 0.2) is 0 Å². The van der Waals surface area contributed by atoms with E-state index in [4.69, 9.17) is 0 Å². The van der Waals surface area contributed by atoms with Gasteiger partial charge in [-0.3, -0.25) is 0 Å². The summed E-state index contributed by atoms with van der Waals surface area (Å²) in [6, 6.07) is 0. The van der Waals surface area contributed by atoms with Gasteiger partial charge in [-0.25, -0.2) is 5.16 Å². The van der Waals surface area contributed by atoms with Gasteiger partial charge in [0.25, 0.3) is 0 Å². The van der Waals surface area contributed by atoms with Crippen molar-refractivity contribution < 1.29 is 5.16 Å². The Morgan fingerprint density at radius 1 is 1.22 bits per heavy atom. The summed E-state index contributed by atoms with van der Waals surface area (Å²) in [4.78, 5) is 0. The van der Waals surface area contributed by atoms with Crippen molar-refractivity contribution >= 4 is 65.3 Å². The minimum absolute atomic E-state index is 0. The van der Waals surface area contributed by atoms with E-state index in [1.54, 1.807) is 5.16 Å². The third-order valence-corrected chi connectivity index (χ3v) is 0.492. The molecule has 0 rings (SSSR count). The molecule has 0 radical (unpaired) electrons. The van der Waals surface area contributed by atoms with Crippen molar-refractivity contribution in [1.82, 2.24) is 0 Å². The number of nitrogens with one attached hydrogen (secondary N) is 1. The predicted molar refractivity (Wildman–Crippen MR) is 44.1 cm³/mol. The quantitative estimate of drug-likeness (QED) is 0.191. The van der Waals surface area contributed by atoms with Crippen LogP contribution in [0.4, 0.5) is 0 Å². The van der Waals surface area contributed by atoms with Crippen LogP contribution in [0.1, 0.15) is 20.8 Å². The fourth-order valence-corrected chi connectivity index (χ4v) is 0.177. The molecule has 0 aliphatic heterocycles. The van der Waals surface area contributed by atoms with Crippen LogP contribution in [0, 0.1) is 10.6 Å². The summed E-state index contributed by atoms with van der Waals surface area (Å²) in [5, 5.41) is 11.4. The van der Waals surface area contributed by atoms with Gasteiger partial charge < -0.3 is 5.21 Å². The molecule has 1 N–H and O–H groups in total. The van der Waals surface area contributed by atoms with Crippen LogP contribution in [0.5, 0.6) is 0 Å². The first-order valence-electron chi connectivity index (χ1n) is 2.28. The first-order chi connectivity index (χ1) is 3.06. The molecule has 0 amide bonds. The van der Waals surface area contributed by atoms with Gasteiger partial charge in [-0.1, -0.05) is 20.8 Å². The van der Waals surface area contributed by atoms with Crippen molar-refractivity contribution in [2.45, 2.75) is 20.8 Å². The van der Waals surface area contributed by atoms with Crippen molar-refractivity contribution in [3.63, 3.8) is 0 Å². The van der Waals surface area contributed by atoms with E-state index in [2.05, 4.69) is 0 Å². The average Bonchev–Trinajstić information content (AvgIpc) is 1.30. The fourth-order valence-electron chi connectivity index (χ4n) is 0.177. The van der Waals surface area contributed by atoms with Crippen LogP contribution in [-0.4, -0.2) is 65.3 Å². The molecule has 0 heterocycles. The van der Waals surface area contributed by atoms with Crippen molar-refractivity contribution in [2.24, 2.45) is 5.41 Å². The van der Waals surface area contributed by atoms with Gasteiger partial charge in [-0.15, -0.1) is 0 Å². The van der Waals surface area contributed by atoms with E-state index in [0.717, 1.165) is 0 Å². The Bertz CT molecular complexity index is 77.5. The van der Waals surface area contributed by atoms with E-state index < -0.39 is 0 Å². The van der Waals surface area contributed by atoms with Crippen LogP contribution < -0.4 is 5.16 Å². The third-order valence-electron chi connectivity index (χ3n) is 0.492. The Balaban J connectivity index is -0.000000180. The van der Waals surface area contributed by atoms with Crippen molar-refractivity contribution in [3.05, 3.63) is 5.21 Å². The van der Waals surface area contributed by atoms with E-state index in [1.165, 1.54) is 6.21 Å². The molecule has 9 heavy (non-hydrogen) atoms.